The largest absolute Gasteiger partial charge is 0.481 e. The quantitative estimate of drug-likeness (QED) is 0.670. The molecule has 0 aromatic rings. The Balaban J connectivity index is 2.00. The molecule has 0 aliphatic heterocycles. The lowest BCUT2D eigenvalue weighted by Gasteiger charge is -2.30. The van der Waals surface area contributed by atoms with E-state index in [9.17, 15) is 14.7 Å². The van der Waals surface area contributed by atoms with Gasteiger partial charge in [-0.25, -0.2) is 4.79 Å². The van der Waals surface area contributed by atoms with E-state index in [0.717, 1.165) is 19.3 Å². The molecule has 4 unspecified atom stereocenters. The number of carboxylic acids is 1. The van der Waals surface area contributed by atoms with Crippen LogP contribution in [0.3, 0.4) is 0 Å². The summed E-state index contributed by atoms with van der Waals surface area (Å²) in [5, 5.41) is 14.8. The molecule has 5 nitrogen and oxygen atoms in total. The third-order valence-corrected chi connectivity index (χ3v) is 4.29. The van der Waals surface area contributed by atoms with Crippen LogP contribution in [0.25, 0.3) is 0 Å². The summed E-state index contributed by atoms with van der Waals surface area (Å²) in [6.45, 7) is 3.45. The van der Waals surface area contributed by atoms with Crippen molar-refractivity contribution in [2.24, 2.45) is 17.8 Å². The third-order valence-electron chi connectivity index (χ3n) is 4.29. The van der Waals surface area contributed by atoms with Crippen molar-refractivity contribution in [1.29, 1.82) is 0 Å². The highest BCUT2D eigenvalue weighted by Gasteiger charge is 2.51. The van der Waals surface area contributed by atoms with Gasteiger partial charge in [0.05, 0.1) is 11.5 Å². The van der Waals surface area contributed by atoms with Crippen LogP contribution < -0.4 is 10.6 Å². The van der Waals surface area contributed by atoms with E-state index < -0.39 is 17.4 Å². The number of rotatable bonds is 3. The van der Waals surface area contributed by atoms with Gasteiger partial charge in [0, 0.05) is 6.04 Å². The monoisotopic (exact) mass is 264 g/mol. The zero-order valence-electron chi connectivity index (χ0n) is 11.3. The fourth-order valence-electron chi connectivity index (χ4n) is 3.36. The Kier molecular flexibility index (Phi) is 3.44. The molecule has 2 rings (SSSR count). The third kappa shape index (κ3) is 2.67. The van der Waals surface area contributed by atoms with Crippen molar-refractivity contribution in [3.8, 4) is 12.3 Å². The normalized spacial score (nSPS) is 32.7. The van der Waals surface area contributed by atoms with E-state index in [2.05, 4.69) is 16.6 Å². The number of fused-ring (bicyclic) bond motifs is 2. The van der Waals surface area contributed by atoms with E-state index in [1.807, 2.05) is 0 Å². The van der Waals surface area contributed by atoms with Crippen molar-refractivity contribution in [2.75, 3.05) is 0 Å². The Morgan fingerprint density at radius 3 is 2.53 bits per heavy atom. The summed E-state index contributed by atoms with van der Waals surface area (Å²) in [6.07, 6.45) is 8.17. The molecule has 2 fully saturated rings. The lowest BCUT2D eigenvalue weighted by atomic mass is 9.84. The molecule has 104 valence electrons. The van der Waals surface area contributed by atoms with Crippen LogP contribution in [-0.4, -0.2) is 28.7 Å². The predicted molar refractivity (Wildman–Crippen MR) is 70.3 cm³/mol. The van der Waals surface area contributed by atoms with Crippen LogP contribution in [0.5, 0.6) is 0 Å². The summed E-state index contributed by atoms with van der Waals surface area (Å²) in [5.41, 5.74) is -0.736. The van der Waals surface area contributed by atoms with Gasteiger partial charge < -0.3 is 15.7 Å². The molecular formula is C14H20N2O3. The van der Waals surface area contributed by atoms with Gasteiger partial charge in [0.1, 0.15) is 0 Å². The fraction of sp³-hybridized carbons (Fsp3) is 0.714. The second-order valence-corrected chi connectivity index (χ2v) is 6.09. The number of aliphatic carboxylic acids is 1. The van der Waals surface area contributed by atoms with Crippen molar-refractivity contribution in [2.45, 2.75) is 44.7 Å². The lowest BCUT2D eigenvalue weighted by Crippen LogP contribution is -2.54. The van der Waals surface area contributed by atoms with Crippen LogP contribution in [-0.2, 0) is 4.79 Å². The highest BCUT2D eigenvalue weighted by molar-refractivity contribution is 5.78. The number of hydrogen-bond acceptors (Lipinski definition) is 2. The summed E-state index contributed by atoms with van der Waals surface area (Å²) < 4.78 is 0. The molecule has 2 saturated carbocycles. The molecule has 2 bridgehead atoms. The van der Waals surface area contributed by atoms with Crippen LogP contribution in [0.4, 0.5) is 4.79 Å². The molecule has 2 amide bonds. The minimum absolute atomic E-state index is 0.202. The van der Waals surface area contributed by atoms with Crippen molar-refractivity contribution in [1.82, 2.24) is 10.6 Å². The number of carbonyl (C=O) groups excluding carboxylic acids is 1. The minimum Gasteiger partial charge on any atom is -0.481 e. The van der Waals surface area contributed by atoms with Crippen molar-refractivity contribution in [3.63, 3.8) is 0 Å². The van der Waals surface area contributed by atoms with Gasteiger partial charge in [0.25, 0.3) is 0 Å². The molecule has 19 heavy (non-hydrogen) atoms. The summed E-state index contributed by atoms with van der Waals surface area (Å²) in [7, 11) is 0. The highest BCUT2D eigenvalue weighted by Crippen LogP contribution is 2.48. The van der Waals surface area contributed by atoms with Gasteiger partial charge in [-0.15, -0.1) is 6.42 Å². The first-order chi connectivity index (χ1) is 8.84. The van der Waals surface area contributed by atoms with Crippen LogP contribution in [0.1, 0.15) is 33.1 Å². The maximum Gasteiger partial charge on any atom is 0.316 e. The standard InChI is InChI=1S/C14H20N2O3/c1-4-14(2,3)16-13(19)15-11-9-6-5-8(7-9)10(11)12(17)18/h1,8-11H,5-7H2,2-3H3,(H,17,18)(H2,15,16,19). The molecule has 2 aliphatic rings. The number of amides is 2. The molecule has 4 atom stereocenters. The van der Waals surface area contributed by atoms with Gasteiger partial charge in [-0.2, -0.15) is 0 Å². The van der Waals surface area contributed by atoms with Crippen LogP contribution in [0.15, 0.2) is 0 Å². The fourth-order valence-corrected chi connectivity index (χ4v) is 3.36. The van der Waals surface area contributed by atoms with Crippen molar-refractivity contribution >= 4 is 12.0 Å². The number of terminal acetylenes is 1. The van der Waals surface area contributed by atoms with Crippen molar-refractivity contribution < 1.29 is 14.7 Å². The highest BCUT2D eigenvalue weighted by atomic mass is 16.4. The average Bonchev–Trinajstić information content (AvgIpc) is 2.88. The zero-order valence-corrected chi connectivity index (χ0v) is 11.3. The van der Waals surface area contributed by atoms with Crippen LogP contribution >= 0.6 is 0 Å². The maximum absolute atomic E-state index is 11.9. The Hall–Kier alpha value is -1.70. The molecule has 0 saturated heterocycles. The number of urea groups is 1. The molecule has 0 aromatic heterocycles. The van der Waals surface area contributed by atoms with E-state index in [4.69, 9.17) is 6.42 Å². The summed E-state index contributed by atoms with van der Waals surface area (Å²) in [4.78, 5) is 23.2. The number of hydrogen-bond donors (Lipinski definition) is 3. The topological polar surface area (TPSA) is 78.4 Å². The van der Waals surface area contributed by atoms with E-state index >= 15 is 0 Å². The van der Waals surface area contributed by atoms with Gasteiger partial charge in [-0.1, -0.05) is 5.92 Å². The van der Waals surface area contributed by atoms with Gasteiger partial charge in [-0.3, -0.25) is 4.79 Å². The zero-order chi connectivity index (χ0) is 14.2. The summed E-state index contributed by atoms with van der Waals surface area (Å²) in [6, 6.07) is -0.656. The second-order valence-electron chi connectivity index (χ2n) is 6.09. The van der Waals surface area contributed by atoms with Gasteiger partial charge >= 0.3 is 12.0 Å². The second kappa shape index (κ2) is 4.76. The molecule has 0 aromatic carbocycles. The molecule has 0 spiro atoms. The van der Waals surface area contributed by atoms with Crippen molar-refractivity contribution in [3.05, 3.63) is 0 Å². The van der Waals surface area contributed by atoms with E-state index in [1.165, 1.54) is 0 Å². The Bertz CT molecular complexity index is 438. The molecule has 3 N–H and O–H groups in total. The summed E-state index contributed by atoms with van der Waals surface area (Å²) in [5.74, 6) is 1.69. The Labute approximate surface area is 113 Å². The molecule has 2 aliphatic carbocycles. The maximum atomic E-state index is 11.9. The first kappa shape index (κ1) is 13.7. The summed E-state index contributed by atoms with van der Waals surface area (Å²) >= 11 is 0. The van der Waals surface area contributed by atoms with E-state index in [-0.39, 0.29) is 23.9 Å². The number of carboxylic acid groups (broad SMARTS) is 1. The minimum atomic E-state index is -0.811. The SMILES string of the molecule is C#CC(C)(C)NC(=O)NC1C2CCC(C2)C1C(=O)O. The van der Waals surface area contributed by atoms with Gasteiger partial charge in [0.15, 0.2) is 0 Å². The molecular weight excluding hydrogens is 244 g/mol. The molecule has 0 radical (unpaired) electrons. The van der Waals surface area contributed by atoms with Crippen LogP contribution in [0.2, 0.25) is 0 Å². The molecule has 5 heteroatoms. The Morgan fingerprint density at radius 1 is 1.32 bits per heavy atom. The number of carbonyl (C=O) groups is 2. The van der Waals surface area contributed by atoms with E-state index in [1.54, 1.807) is 13.8 Å². The first-order valence-electron chi connectivity index (χ1n) is 6.63. The molecule has 0 heterocycles. The van der Waals surface area contributed by atoms with Gasteiger partial charge in [-0.05, 0) is 44.9 Å². The van der Waals surface area contributed by atoms with E-state index in [0.29, 0.717) is 0 Å². The Morgan fingerprint density at radius 2 is 1.95 bits per heavy atom. The van der Waals surface area contributed by atoms with Crippen LogP contribution in [0, 0.1) is 30.1 Å². The van der Waals surface area contributed by atoms with Gasteiger partial charge in [0.2, 0.25) is 0 Å². The average molecular weight is 264 g/mol. The first-order valence-corrected chi connectivity index (χ1v) is 6.63. The predicted octanol–water partition coefficient (Wildman–Crippen LogP) is 1.20. The number of nitrogens with one attached hydrogen (secondary N) is 2. The smallest absolute Gasteiger partial charge is 0.316 e. The lowest BCUT2D eigenvalue weighted by molar-refractivity contribution is -0.144.